The summed E-state index contributed by atoms with van der Waals surface area (Å²) in [6.45, 7) is 0.775. The van der Waals surface area contributed by atoms with E-state index in [4.69, 9.17) is 11.6 Å². The molecule has 1 aromatic carbocycles. The quantitative estimate of drug-likeness (QED) is 0.867. The van der Waals surface area contributed by atoms with E-state index >= 15 is 0 Å². The molecule has 1 heterocycles. The first-order valence-electron chi connectivity index (χ1n) is 6.30. The minimum Gasteiger partial charge on any atom is -0.348 e. The molecular formula is C14H16ClN3. The van der Waals surface area contributed by atoms with Crippen LogP contribution in [0, 0.1) is 5.92 Å². The van der Waals surface area contributed by atoms with E-state index in [0.29, 0.717) is 6.04 Å². The molecule has 2 aromatic rings. The normalized spacial score (nSPS) is 16.7. The van der Waals surface area contributed by atoms with Gasteiger partial charge in [-0.05, 0) is 36.5 Å². The number of aromatic amines is 1. The van der Waals surface area contributed by atoms with E-state index in [1.54, 1.807) is 6.20 Å². The molecular weight excluding hydrogens is 246 g/mol. The van der Waals surface area contributed by atoms with Crippen LogP contribution in [0.15, 0.2) is 36.7 Å². The van der Waals surface area contributed by atoms with Gasteiger partial charge in [-0.3, -0.25) is 0 Å². The summed E-state index contributed by atoms with van der Waals surface area (Å²) in [6, 6.07) is 8.55. The van der Waals surface area contributed by atoms with Crippen LogP contribution in [0.1, 0.15) is 30.3 Å². The van der Waals surface area contributed by atoms with Crippen molar-refractivity contribution < 1.29 is 0 Å². The van der Waals surface area contributed by atoms with Gasteiger partial charge in [-0.2, -0.15) is 0 Å². The van der Waals surface area contributed by atoms with E-state index in [2.05, 4.69) is 27.4 Å². The van der Waals surface area contributed by atoms with E-state index in [-0.39, 0.29) is 0 Å². The van der Waals surface area contributed by atoms with Crippen LogP contribution < -0.4 is 5.32 Å². The molecule has 0 radical (unpaired) electrons. The molecule has 18 heavy (non-hydrogen) atoms. The third-order valence-electron chi connectivity index (χ3n) is 3.37. The van der Waals surface area contributed by atoms with Gasteiger partial charge in [-0.25, -0.2) is 4.98 Å². The third-order valence-corrected chi connectivity index (χ3v) is 3.62. The molecule has 3 rings (SSSR count). The number of halogens is 1. The summed E-state index contributed by atoms with van der Waals surface area (Å²) in [5, 5.41) is 4.37. The molecule has 1 saturated carbocycles. The molecule has 0 spiro atoms. The van der Waals surface area contributed by atoms with Crippen LogP contribution >= 0.6 is 11.6 Å². The van der Waals surface area contributed by atoms with Gasteiger partial charge in [0.25, 0.3) is 0 Å². The van der Waals surface area contributed by atoms with Crippen LogP contribution in [0.4, 0.5) is 0 Å². The van der Waals surface area contributed by atoms with E-state index in [0.717, 1.165) is 23.3 Å². The Hall–Kier alpha value is -1.32. The number of hydrogen-bond acceptors (Lipinski definition) is 2. The number of H-pyrrole nitrogens is 1. The topological polar surface area (TPSA) is 40.7 Å². The zero-order valence-corrected chi connectivity index (χ0v) is 10.8. The molecule has 1 aliphatic carbocycles. The van der Waals surface area contributed by atoms with Gasteiger partial charge < -0.3 is 10.3 Å². The van der Waals surface area contributed by atoms with E-state index in [9.17, 15) is 0 Å². The molecule has 1 aliphatic rings. The van der Waals surface area contributed by atoms with Gasteiger partial charge in [0.2, 0.25) is 0 Å². The van der Waals surface area contributed by atoms with Gasteiger partial charge in [0, 0.05) is 23.5 Å². The maximum Gasteiger partial charge on any atom is 0.120 e. The van der Waals surface area contributed by atoms with E-state index in [1.807, 2.05) is 18.3 Å². The summed E-state index contributed by atoms with van der Waals surface area (Å²) < 4.78 is 0. The van der Waals surface area contributed by atoms with Gasteiger partial charge in [0.1, 0.15) is 5.82 Å². The Labute approximate surface area is 112 Å². The molecule has 2 N–H and O–H groups in total. The second kappa shape index (κ2) is 5.12. The molecule has 94 valence electrons. The molecule has 1 atom stereocenters. The number of nitrogens with one attached hydrogen (secondary N) is 2. The molecule has 0 amide bonds. The summed E-state index contributed by atoms with van der Waals surface area (Å²) >= 11 is 5.93. The van der Waals surface area contributed by atoms with Gasteiger partial charge in [0.15, 0.2) is 0 Å². The fourth-order valence-electron chi connectivity index (χ4n) is 2.26. The summed E-state index contributed by atoms with van der Waals surface area (Å²) in [5.74, 6) is 1.73. The lowest BCUT2D eigenvalue weighted by atomic mass is 10.0. The fourth-order valence-corrected chi connectivity index (χ4v) is 2.38. The molecule has 1 fully saturated rings. The van der Waals surface area contributed by atoms with Crippen molar-refractivity contribution in [1.29, 1.82) is 0 Å². The maximum absolute atomic E-state index is 5.93. The Morgan fingerprint density at radius 2 is 2.11 bits per heavy atom. The zero-order chi connectivity index (χ0) is 12.4. The summed E-state index contributed by atoms with van der Waals surface area (Å²) in [5.41, 5.74) is 1.31. The molecule has 0 saturated heterocycles. The van der Waals surface area contributed by atoms with Crippen molar-refractivity contribution in [1.82, 2.24) is 15.3 Å². The highest BCUT2D eigenvalue weighted by Crippen LogP contribution is 2.41. The highest BCUT2D eigenvalue weighted by Gasteiger charge is 2.31. The Morgan fingerprint density at radius 3 is 2.72 bits per heavy atom. The maximum atomic E-state index is 5.93. The van der Waals surface area contributed by atoms with Gasteiger partial charge in [-0.1, -0.05) is 23.7 Å². The van der Waals surface area contributed by atoms with Crippen molar-refractivity contribution in [3.8, 4) is 0 Å². The minimum atomic E-state index is 0.410. The Kier molecular flexibility index (Phi) is 3.35. The van der Waals surface area contributed by atoms with Gasteiger partial charge in [-0.15, -0.1) is 0 Å². The summed E-state index contributed by atoms with van der Waals surface area (Å²) in [6.07, 6.45) is 6.24. The van der Waals surface area contributed by atoms with Crippen LogP contribution in [-0.4, -0.2) is 9.97 Å². The largest absolute Gasteiger partial charge is 0.348 e. The highest BCUT2D eigenvalue weighted by molar-refractivity contribution is 6.30. The Morgan fingerprint density at radius 1 is 1.33 bits per heavy atom. The average Bonchev–Trinajstić information content (AvgIpc) is 3.08. The monoisotopic (exact) mass is 261 g/mol. The van der Waals surface area contributed by atoms with Crippen LogP contribution in [-0.2, 0) is 6.54 Å². The standard InChI is InChI=1S/C14H16ClN3/c15-12-5-3-11(4-6-12)14(10-1-2-10)18-9-13-16-7-8-17-13/h3-8,10,14,18H,1-2,9H2,(H,16,17). The molecule has 1 unspecified atom stereocenters. The first kappa shape index (κ1) is 11.8. The van der Waals surface area contributed by atoms with Crippen LogP contribution in [0.25, 0.3) is 0 Å². The fraction of sp³-hybridized carbons (Fsp3) is 0.357. The van der Waals surface area contributed by atoms with Crippen LogP contribution in [0.5, 0.6) is 0 Å². The van der Waals surface area contributed by atoms with Crippen molar-refractivity contribution >= 4 is 11.6 Å². The van der Waals surface area contributed by atoms with Crippen molar-refractivity contribution in [2.75, 3.05) is 0 Å². The van der Waals surface area contributed by atoms with Gasteiger partial charge >= 0.3 is 0 Å². The first-order valence-corrected chi connectivity index (χ1v) is 6.68. The second-order valence-electron chi connectivity index (χ2n) is 4.78. The average molecular weight is 262 g/mol. The highest BCUT2D eigenvalue weighted by atomic mass is 35.5. The lowest BCUT2D eigenvalue weighted by Gasteiger charge is -2.18. The van der Waals surface area contributed by atoms with Crippen LogP contribution in [0.2, 0.25) is 5.02 Å². The Balaban J connectivity index is 1.70. The van der Waals surface area contributed by atoms with Crippen molar-refractivity contribution in [3.63, 3.8) is 0 Å². The number of rotatable bonds is 5. The zero-order valence-electron chi connectivity index (χ0n) is 10.1. The minimum absolute atomic E-state index is 0.410. The molecule has 0 aliphatic heterocycles. The number of benzene rings is 1. The lowest BCUT2D eigenvalue weighted by Crippen LogP contribution is -2.23. The predicted molar refractivity (Wildman–Crippen MR) is 72.3 cm³/mol. The first-order chi connectivity index (χ1) is 8.83. The number of nitrogens with zero attached hydrogens (tertiary/aromatic N) is 1. The van der Waals surface area contributed by atoms with Crippen LogP contribution in [0.3, 0.4) is 0 Å². The number of hydrogen-bond donors (Lipinski definition) is 2. The SMILES string of the molecule is Clc1ccc(C(NCc2ncc[nH]2)C2CC2)cc1. The van der Waals surface area contributed by atoms with E-state index < -0.39 is 0 Å². The summed E-state index contributed by atoms with van der Waals surface area (Å²) in [7, 11) is 0. The Bertz CT molecular complexity index is 488. The van der Waals surface area contributed by atoms with Crippen molar-refractivity contribution in [2.24, 2.45) is 5.92 Å². The predicted octanol–water partition coefficient (Wildman–Crippen LogP) is 3.30. The van der Waals surface area contributed by atoms with Crippen molar-refractivity contribution in [3.05, 3.63) is 53.1 Å². The van der Waals surface area contributed by atoms with Gasteiger partial charge in [0.05, 0.1) is 6.54 Å². The molecule has 1 aromatic heterocycles. The molecule has 0 bridgehead atoms. The third kappa shape index (κ3) is 2.74. The number of aromatic nitrogens is 2. The smallest absolute Gasteiger partial charge is 0.120 e. The molecule has 4 heteroatoms. The summed E-state index contributed by atoms with van der Waals surface area (Å²) in [4.78, 5) is 7.35. The number of imidazole rings is 1. The van der Waals surface area contributed by atoms with E-state index in [1.165, 1.54) is 18.4 Å². The second-order valence-corrected chi connectivity index (χ2v) is 5.22. The lowest BCUT2D eigenvalue weighted by molar-refractivity contribution is 0.473. The van der Waals surface area contributed by atoms with Crippen molar-refractivity contribution in [2.45, 2.75) is 25.4 Å². The molecule has 3 nitrogen and oxygen atoms in total.